The molecular formula is C20H27N3O3. The second-order valence-electron chi connectivity index (χ2n) is 6.46. The fraction of sp³-hybridized carbons (Fsp3) is 0.450. The van der Waals surface area contributed by atoms with Crippen LogP contribution in [0.15, 0.2) is 30.3 Å². The number of nitrogens with zero attached hydrogens (tertiary/aromatic N) is 1. The Hall–Kier alpha value is -2.63. The van der Waals surface area contributed by atoms with Gasteiger partial charge >= 0.3 is 5.97 Å². The number of nitrogens with one attached hydrogen (secondary N) is 2. The third-order valence-corrected chi connectivity index (χ3v) is 4.37. The number of hydrogen-bond donors (Lipinski definition) is 2. The molecular weight excluding hydrogens is 330 g/mol. The van der Waals surface area contributed by atoms with Crippen molar-refractivity contribution in [1.29, 1.82) is 0 Å². The highest BCUT2D eigenvalue weighted by atomic mass is 16.5. The molecule has 0 saturated carbocycles. The SMILES string of the molecule is CCCc1cc(C(=O)OC(C)C(=O)Nc2ccccc2C(C)CC)n[nH]1. The van der Waals surface area contributed by atoms with Crippen molar-refractivity contribution in [2.45, 2.75) is 59.0 Å². The van der Waals surface area contributed by atoms with Gasteiger partial charge in [0.25, 0.3) is 5.91 Å². The monoisotopic (exact) mass is 357 g/mol. The van der Waals surface area contributed by atoms with Gasteiger partial charge < -0.3 is 10.1 Å². The van der Waals surface area contributed by atoms with Crippen LogP contribution in [-0.4, -0.2) is 28.2 Å². The average molecular weight is 357 g/mol. The first kappa shape index (κ1) is 19.7. The van der Waals surface area contributed by atoms with Gasteiger partial charge in [0.2, 0.25) is 0 Å². The lowest BCUT2D eigenvalue weighted by atomic mass is 9.97. The molecule has 0 spiro atoms. The Morgan fingerprint density at radius 1 is 1.23 bits per heavy atom. The van der Waals surface area contributed by atoms with Gasteiger partial charge in [-0.2, -0.15) is 5.10 Å². The molecule has 1 aromatic heterocycles. The van der Waals surface area contributed by atoms with Crippen molar-refractivity contribution < 1.29 is 14.3 Å². The molecule has 6 nitrogen and oxygen atoms in total. The normalized spacial score (nSPS) is 13.1. The quantitative estimate of drug-likeness (QED) is 0.698. The molecule has 1 heterocycles. The third-order valence-electron chi connectivity index (χ3n) is 4.37. The van der Waals surface area contributed by atoms with Gasteiger partial charge in [0.1, 0.15) is 0 Å². The summed E-state index contributed by atoms with van der Waals surface area (Å²) in [6, 6.07) is 9.34. The molecule has 6 heteroatoms. The van der Waals surface area contributed by atoms with Crippen LogP contribution >= 0.6 is 0 Å². The average Bonchev–Trinajstić information content (AvgIpc) is 3.10. The molecule has 2 N–H and O–H groups in total. The minimum absolute atomic E-state index is 0.188. The van der Waals surface area contributed by atoms with Crippen LogP contribution in [0.25, 0.3) is 0 Å². The van der Waals surface area contributed by atoms with Crippen LogP contribution in [0.1, 0.15) is 68.2 Å². The zero-order chi connectivity index (χ0) is 19.1. The van der Waals surface area contributed by atoms with Crippen molar-refractivity contribution in [1.82, 2.24) is 10.2 Å². The molecule has 0 aliphatic heterocycles. The minimum atomic E-state index is -0.918. The Kier molecular flexibility index (Phi) is 6.95. The predicted octanol–water partition coefficient (Wildman–Crippen LogP) is 4.06. The molecule has 140 valence electrons. The van der Waals surface area contributed by atoms with Gasteiger partial charge in [0.15, 0.2) is 11.8 Å². The van der Waals surface area contributed by atoms with Gasteiger partial charge in [-0.25, -0.2) is 4.79 Å². The zero-order valence-corrected chi connectivity index (χ0v) is 15.8. The Morgan fingerprint density at radius 2 is 1.96 bits per heavy atom. The van der Waals surface area contributed by atoms with Crippen molar-refractivity contribution in [3.05, 3.63) is 47.3 Å². The van der Waals surface area contributed by atoms with Crippen molar-refractivity contribution in [3.63, 3.8) is 0 Å². The number of anilines is 1. The lowest BCUT2D eigenvalue weighted by molar-refractivity contribution is -0.123. The van der Waals surface area contributed by atoms with E-state index in [4.69, 9.17) is 4.74 Å². The van der Waals surface area contributed by atoms with Gasteiger partial charge in [-0.1, -0.05) is 45.4 Å². The van der Waals surface area contributed by atoms with Crippen LogP contribution in [0.2, 0.25) is 0 Å². The number of carbonyl (C=O) groups excluding carboxylic acids is 2. The molecule has 0 aliphatic carbocycles. The maximum Gasteiger partial charge on any atom is 0.359 e. The molecule has 0 saturated heterocycles. The summed E-state index contributed by atoms with van der Waals surface area (Å²) >= 11 is 0. The first-order valence-corrected chi connectivity index (χ1v) is 9.11. The molecule has 0 bridgehead atoms. The van der Waals surface area contributed by atoms with Gasteiger partial charge in [-0.15, -0.1) is 0 Å². The number of ether oxygens (including phenoxy) is 1. The molecule has 2 rings (SSSR count). The number of rotatable bonds is 8. The van der Waals surface area contributed by atoms with E-state index in [1.165, 1.54) is 0 Å². The minimum Gasteiger partial charge on any atom is -0.448 e. The Bertz CT molecular complexity index is 754. The summed E-state index contributed by atoms with van der Waals surface area (Å²) in [5.41, 5.74) is 2.88. The van der Waals surface area contributed by atoms with Crippen LogP contribution in [-0.2, 0) is 16.0 Å². The van der Waals surface area contributed by atoms with Crippen LogP contribution in [0.5, 0.6) is 0 Å². The number of amides is 1. The molecule has 1 aromatic carbocycles. The lowest BCUT2D eigenvalue weighted by Crippen LogP contribution is -2.30. The molecule has 0 aliphatic rings. The highest BCUT2D eigenvalue weighted by Gasteiger charge is 2.22. The second-order valence-corrected chi connectivity index (χ2v) is 6.46. The summed E-state index contributed by atoms with van der Waals surface area (Å²) in [6.07, 6.45) is 1.81. The van der Waals surface area contributed by atoms with E-state index in [-0.39, 0.29) is 11.6 Å². The fourth-order valence-corrected chi connectivity index (χ4v) is 2.63. The molecule has 0 fully saturated rings. The highest BCUT2D eigenvalue weighted by Crippen LogP contribution is 2.26. The number of aryl methyl sites for hydroxylation is 1. The fourth-order valence-electron chi connectivity index (χ4n) is 2.63. The smallest absolute Gasteiger partial charge is 0.359 e. The molecule has 0 radical (unpaired) electrons. The summed E-state index contributed by atoms with van der Waals surface area (Å²) in [7, 11) is 0. The third kappa shape index (κ3) is 4.94. The summed E-state index contributed by atoms with van der Waals surface area (Å²) in [5.74, 6) is -0.648. The predicted molar refractivity (Wildman–Crippen MR) is 101 cm³/mol. The van der Waals surface area contributed by atoms with E-state index >= 15 is 0 Å². The lowest BCUT2D eigenvalue weighted by Gasteiger charge is -2.18. The van der Waals surface area contributed by atoms with Gasteiger partial charge in [-0.3, -0.25) is 9.89 Å². The van der Waals surface area contributed by atoms with Crippen molar-refractivity contribution >= 4 is 17.6 Å². The number of aromatic nitrogens is 2. The Balaban J connectivity index is 2.00. The van der Waals surface area contributed by atoms with E-state index in [0.29, 0.717) is 5.92 Å². The second kappa shape index (κ2) is 9.17. The van der Waals surface area contributed by atoms with E-state index in [0.717, 1.165) is 36.2 Å². The molecule has 2 atom stereocenters. The van der Waals surface area contributed by atoms with Crippen molar-refractivity contribution in [3.8, 4) is 0 Å². The zero-order valence-electron chi connectivity index (χ0n) is 15.8. The summed E-state index contributed by atoms with van der Waals surface area (Å²) < 4.78 is 5.26. The van der Waals surface area contributed by atoms with E-state index in [9.17, 15) is 9.59 Å². The standard InChI is InChI=1S/C20H27N3O3/c1-5-9-15-12-18(23-22-15)20(25)26-14(4)19(24)21-17-11-8-7-10-16(17)13(3)6-2/h7-8,10-14H,5-6,9H2,1-4H3,(H,21,24)(H,22,23). The van der Waals surface area contributed by atoms with Crippen molar-refractivity contribution in [2.75, 3.05) is 5.32 Å². The molecule has 26 heavy (non-hydrogen) atoms. The van der Waals surface area contributed by atoms with Crippen LogP contribution in [0.4, 0.5) is 5.69 Å². The first-order valence-electron chi connectivity index (χ1n) is 9.11. The van der Waals surface area contributed by atoms with Gasteiger partial charge in [0, 0.05) is 11.4 Å². The van der Waals surface area contributed by atoms with Crippen molar-refractivity contribution in [2.24, 2.45) is 0 Å². The first-order chi connectivity index (χ1) is 12.5. The molecule has 2 aromatic rings. The number of benzene rings is 1. The highest BCUT2D eigenvalue weighted by molar-refractivity contribution is 5.97. The number of carbonyl (C=O) groups is 2. The maximum absolute atomic E-state index is 12.4. The number of aromatic amines is 1. The van der Waals surface area contributed by atoms with Crippen LogP contribution in [0, 0.1) is 0 Å². The van der Waals surface area contributed by atoms with Gasteiger partial charge in [0.05, 0.1) is 0 Å². The van der Waals surface area contributed by atoms with E-state index < -0.39 is 12.1 Å². The summed E-state index contributed by atoms with van der Waals surface area (Å²) in [5, 5.41) is 9.62. The number of hydrogen-bond acceptors (Lipinski definition) is 4. The molecule has 2 unspecified atom stereocenters. The maximum atomic E-state index is 12.4. The summed E-state index contributed by atoms with van der Waals surface area (Å²) in [4.78, 5) is 24.6. The Morgan fingerprint density at radius 3 is 2.65 bits per heavy atom. The molecule has 1 amide bonds. The van der Waals surface area contributed by atoms with E-state index in [2.05, 4.69) is 29.4 Å². The largest absolute Gasteiger partial charge is 0.448 e. The van der Waals surface area contributed by atoms with E-state index in [1.54, 1.807) is 13.0 Å². The van der Waals surface area contributed by atoms with Gasteiger partial charge in [-0.05, 0) is 43.4 Å². The number of H-pyrrole nitrogens is 1. The number of para-hydroxylation sites is 1. The van der Waals surface area contributed by atoms with E-state index in [1.807, 2.05) is 31.2 Å². The van der Waals surface area contributed by atoms with Crippen LogP contribution in [0.3, 0.4) is 0 Å². The summed E-state index contributed by atoms with van der Waals surface area (Å²) in [6.45, 7) is 7.81. The number of esters is 1. The Labute approximate surface area is 154 Å². The topological polar surface area (TPSA) is 84.1 Å². The van der Waals surface area contributed by atoms with Crippen LogP contribution < -0.4 is 5.32 Å².